The molecule has 0 aliphatic heterocycles. The molecule has 0 aliphatic carbocycles. The molecule has 1 unspecified atom stereocenters. The minimum atomic E-state index is -0.628. The normalized spacial score (nSPS) is 11.8. The van der Waals surface area contributed by atoms with Gasteiger partial charge in [0.1, 0.15) is 31.5 Å². The summed E-state index contributed by atoms with van der Waals surface area (Å²) < 4.78 is 15.8. The Hall–Kier alpha value is -2.00. The van der Waals surface area contributed by atoms with Crippen molar-refractivity contribution >= 4 is 12.2 Å². The summed E-state index contributed by atoms with van der Waals surface area (Å²) in [4.78, 5) is 22.2. The van der Waals surface area contributed by atoms with Crippen molar-refractivity contribution in [2.75, 3.05) is 46.1 Å². The van der Waals surface area contributed by atoms with Gasteiger partial charge in [0.25, 0.3) is 5.91 Å². The number of hydrogen-bond donors (Lipinski definition) is 3. The van der Waals surface area contributed by atoms with E-state index in [2.05, 4.69) is 17.6 Å². The Morgan fingerprint density at radius 2 is 2.12 bits per heavy atom. The molecule has 1 amide bonds. The zero-order chi connectivity index (χ0) is 19.0. The van der Waals surface area contributed by atoms with Crippen molar-refractivity contribution in [3.05, 3.63) is 29.8 Å². The van der Waals surface area contributed by atoms with Crippen LogP contribution in [0, 0.1) is 0 Å². The highest BCUT2D eigenvalue weighted by Crippen LogP contribution is 2.13. The maximum absolute atomic E-state index is 12.1. The topological polar surface area (TPSA) is 112 Å². The van der Waals surface area contributed by atoms with E-state index in [0.29, 0.717) is 24.1 Å². The summed E-state index contributed by atoms with van der Waals surface area (Å²) >= 11 is 0. The Morgan fingerprint density at radius 1 is 1.27 bits per heavy atom. The fourth-order valence-corrected chi connectivity index (χ4v) is 2.01. The molecule has 0 fully saturated rings. The zero-order valence-corrected chi connectivity index (χ0v) is 15.2. The number of hydrogen-bond acceptors (Lipinski definition) is 7. The first-order valence-electron chi connectivity index (χ1n) is 8.77. The molecule has 0 heterocycles. The second kappa shape index (κ2) is 14.2. The highest BCUT2D eigenvalue weighted by molar-refractivity contribution is 5.94. The van der Waals surface area contributed by atoms with Crippen LogP contribution < -0.4 is 21.1 Å². The number of nitrogens with two attached hydrogens (primary N) is 1. The van der Waals surface area contributed by atoms with Crippen LogP contribution in [0.15, 0.2) is 24.3 Å². The van der Waals surface area contributed by atoms with E-state index in [1.165, 1.54) is 0 Å². The van der Waals surface area contributed by atoms with E-state index in [9.17, 15) is 9.59 Å². The number of benzene rings is 1. The van der Waals surface area contributed by atoms with Gasteiger partial charge in [0.05, 0.1) is 13.2 Å². The number of amides is 1. The van der Waals surface area contributed by atoms with Gasteiger partial charge in [0.2, 0.25) is 0 Å². The molecule has 8 heteroatoms. The van der Waals surface area contributed by atoms with E-state index in [4.69, 9.17) is 19.9 Å². The second-order valence-electron chi connectivity index (χ2n) is 5.50. The van der Waals surface area contributed by atoms with E-state index < -0.39 is 6.23 Å². The summed E-state index contributed by atoms with van der Waals surface area (Å²) in [6.07, 6.45) is 1.11. The van der Waals surface area contributed by atoms with Gasteiger partial charge >= 0.3 is 0 Å². The van der Waals surface area contributed by atoms with Gasteiger partial charge in [-0.05, 0) is 31.2 Å². The lowest BCUT2D eigenvalue weighted by molar-refractivity contribution is -0.112. The van der Waals surface area contributed by atoms with Crippen LogP contribution in [-0.2, 0) is 14.3 Å². The zero-order valence-electron chi connectivity index (χ0n) is 15.2. The van der Waals surface area contributed by atoms with Gasteiger partial charge < -0.3 is 35.4 Å². The third-order valence-electron chi connectivity index (χ3n) is 3.27. The minimum absolute atomic E-state index is 0.0403. The van der Waals surface area contributed by atoms with Gasteiger partial charge in [-0.25, -0.2) is 0 Å². The second-order valence-corrected chi connectivity index (χ2v) is 5.50. The smallest absolute Gasteiger partial charge is 0.251 e. The van der Waals surface area contributed by atoms with Crippen molar-refractivity contribution in [2.45, 2.75) is 19.6 Å². The van der Waals surface area contributed by atoms with Crippen molar-refractivity contribution in [1.29, 1.82) is 0 Å². The fraction of sp³-hybridized carbons (Fsp3) is 0.556. The van der Waals surface area contributed by atoms with Crippen LogP contribution >= 0.6 is 0 Å². The lowest BCUT2D eigenvalue weighted by atomic mass is 10.2. The minimum Gasteiger partial charge on any atom is -0.489 e. The van der Waals surface area contributed by atoms with Crippen molar-refractivity contribution in [2.24, 2.45) is 5.73 Å². The maximum Gasteiger partial charge on any atom is 0.251 e. The molecular weight excluding hydrogens is 338 g/mol. The summed E-state index contributed by atoms with van der Waals surface area (Å²) in [7, 11) is 0. The number of carbonyl (C=O) groups excluding carboxylic acids is 2. The highest BCUT2D eigenvalue weighted by atomic mass is 16.6. The number of rotatable bonds is 15. The molecule has 0 aliphatic rings. The van der Waals surface area contributed by atoms with E-state index in [1.807, 2.05) is 0 Å². The van der Waals surface area contributed by atoms with Crippen LogP contribution in [-0.4, -0.2) is 64.5 Å². The Kier molecular flexibility index (Phi) is 12.0. The number of carbonyl (C=O) groups is 2. The van der Waals surface area contributed by atoms with E-state index >= 15 is 0 Å². The van der Waals surface area contributed by atoms with Gasteiger partial charge in [-0.3, -0.25) is 4.79 Å². The van der Waals surface area contributed by atoms with Crippen molar-refractivity contribution in [3.63, 3.8) is 0 Å². The molecule has 8 nitrogen and oxygen atoms in total. The monoisotopic (exact) mass is 367 g/mol. The Balaban J connectivity index is 2.30. The molecule has 1 rings (SSSR count). The lowest BCUT2D eigenvalue weighted by Gasteiger charge is -2.14. The molecule has 0 radical (unpaired) electrons. The van der Waals surface area contributed by atoms with E-state index in [-0.39, 0.29) is 32.3 Å². The molecule has 0 aromatic heterocycles. The largest absolute Gasteiger partial charge is 0.489 e. The number of ether oxygens (including phenoxy) is 3. The standard InChI is InChI=1S/C18H29N3O5/c1-2-6-20-7-8-21-18(23)15-4-3-5-16(13-15)26-14-17(19)25-12-11-24-10-9-22/h3-5,9,13,17,20H,2,6-8,10-12,14,19H2,1H3,(H,21,23). The summed E-state index contributed by atoms with van der Waals surface area (Å²) in [6, 6.07) is 6.88. The van der Waals surface area contributed by atoms with Crippen molar-refractivity contribution < 1.29 is 23.8 Å². The van der Waals surface area contributed by atoms with Crippen molar-refractivity contribution in [1.82, 2.24) is 10.6 Å². The first-order valence-corrected chi connectivity index (χ1v) is 8.77. The maximum atomic E-state index is 12.1. The Morgan fingerprint density at radius 3 is 2.88 bits per heavy atom. The first kappa shape index (κ1) is 22.0. The van der Waals surface area contributed by atoms with Crippen LogP contribution in [0.5, 0.6) is 5.75 Å². The van der Waals surface area contributed by atoms with Gasteiger partial charge in [-0.15, -0.1) is 0 Å². The van der Waals surface area contributed by atoms with Crippen LogP contribution in [0.3, 0.4) is 0 Å². The van der Waals surface area contributed by atoms with Crippen molar-refractivity contribution in [3.8, 4) is 5.75 Å². The fourth-order valence-electron chi connectivity index (χ4n) is 2.01. The molecule has 1 aromatic carbocycles. The van der Waals surface area contributed by atoms with Gasteiger partial charge in [0, 0.05) is 18.7 Å². The predicted molar refractivity (Wildman–Crippen MR) is 98.2 cm³/mol. The molecule has 4 N–H and O–H groups in total. The lowest BCUT2D eigenvalue weighted by Crippen LogP contribution is -2.32. The van der Waals surface area contributed by atoms with E-state index in [0.717, 1.165) is 19.5 Å². The number of nitrogens with one attached hydrogen (secondary N) is 2. The highest BCUT2D eigenvalue weighted by Gasteiger charge is 2.08. The first-order chi connectivity index (χ1) is 12.7. The third kappa shape index (κ3) is 10.1. The van der Waals surface area contributed by atoms with Gasteiger partial charge in [-0.2, -0.15) is 0 Å². The van der Waals surface area contributed by atoms with Gasteiger partial charge in [-0.1, -0.05) is 13.0 Å². The molecule has 0 spiro atoms. The third-order valence-corrected chi connectivity index (χ3v) is 3.27. The van der Waals surface area contributed by atoms with Gasteiger partial charge in [0.15, 0.2) is 0 Å². The molecule has 0 saturated carbocycles. The molecule has 1 aromatic rings. The van der Waals surface area contributed by atoms with Crippen LogP contribution in [0.1, 0.15) is 23.7 Å². The summed E-state index contributed by atoms with van der Waals surface area (Å²) in [6.45, 7) is 5.06. The van der Waals surface area contributed by atoms with Crippen LogP contribution in [0.25, 0.3) is 0 Å². The number of aldehydes is 1. The van der Waals surface area contributed by atoms with E-state index in [1.54, 1.807) is 24.3 Å². The average molecular weight is 367 g/mol. The van der Waals surface area contributed by atoms with Crippen LogP contribution in [0.4, 0.5) is 0 Å². The summed E-state index contributed by atoms with van der Waals surface area (Å²) in [5.74, 6) is 0.389. The quantitative estimate of drug-likeness (QED) is 0.232. The predicted octanol–water partition coefficient (Wildman–Crippen LogP) is 0.312. The molecular formula is C18H29N3O5. The molecule has 0 bridgehead atoms. The SMILES string of the molecule is CCCNCCNC(=O)c1cccc(OCC(N)OCCOCC=O)c1. The summed E-state index contributed by atoms with van der Waals surface area (Å²) in [5.41, 5.74) is 6.30. The molecule has 146 valence electrons. The summed E-state index contributed by atoms with van der Waals surface area (Å²) in [5, 5.41) is 6.07. The Labute approximate surface area is 154 Å². The molecule has 1 atom stereocenters. The van der Waals surface area contributed by atoms with Crippen LogP contribution in [0.2, 0.25) is 0 Å². The Bertz CT molecular complexity index is 527. The molecule has 0 saturated heterocycles. The molecule has 26 heavy (non-hydrogen) atoms. The average Bonchev–Trinajstić information content (AvgIpc) is 2.66.